The zero-order chi connectivity index (χ0) is 12.8. The lowest BCUT2D eigenvalue weighted by molar-refractivity contribution is 0.414. The van der Waals surface area contributed by atoms with Crippen LogP contribution in [0.2, 0.25) is 0 Å². The summed E-state index contributed by atoms with van der Waals surface area (Å²) in [7, 11) is 3.64. The number of hydrogen-bond acceptors (Lipinski definition) is 3. The van der Waals surface area contributed by atoms with E-state index in [2.05, 4.69) is 28.5 Å². The van der Waals surface area contributed by atoms with Gasteiger partial charge in [0.1, 0.15) is 5.75 Å². The number of aromatic nitrogens is 1. The highest BCUT2D eigenvalue weighted by Crippen LogP contribution is 2.25. The van der Waals surface area contributed by atoms with Gasteiger partial charge in [0.05, 0.1) is 7.11 Å². The van der Waals surface area contributed by atoms with Crippen LogP contribution in [0, 0.1) is 0 Å². The molecule has 0 aliphatic heterocycles. The second-order valence-electron chi connectivity index (χ2n) is 4.14. The van der Waals surface area contributed by atoms with E-state index in [1.54, 1.807) is 7.11 Å². The Kier molecular flexibility index (Phi) is 4.31. The third-order valence-electron chi connectivity index (χ3n) is 2.95. The Balaban J connectivity index is 2.35. The van der Waals surface area contributed by atoms with E-state index in [1.165, 1.54) is 5.56 Å². The molecule has 0 radical (unpaired) electrons. The number of nitrogens with one attached hydrogen (secondary N) is 1. The van der Waals surface area contributed by atoms with Crippen molar-refractivity contribution in [1.82, 2.24) is 10.3 Å². The molecule has 0 amide bonds. The minimum absolute atomic E-state index is 0.242. The summed E-state index contributed by atoms with van der Waals surface area (Å²) in [5.74, 6) is 1.12. The van der Waals surface area contributed by atoms with Gasteiger partial charge in [0.15, 0.2) is 0 Å². The van der Waals surface area contributed by atoms with Crippen LogP contribution >= 0.6 is 0 Å². The molecule has 1 aromatic carbocycles. The SMILES string of the molecule is CNCC(c1cccc(OC)c1)c1ccccn1. The van der Waals surface area contributed by atoms with Gasteiger partial charge in [-0.2, -0.15) is 0 Å². The van der Waals surface area contributed by atoms with E-state index in [1.807, 2.05) is 37.5 Å². The Bertz CT molecular complexity index is 485. The average molecular weight is 242 g/mol. The van der Waals surface area contributed by atoms with Gasteiger partial charge in [-0.1, -0.05) is 18.2 Å². The summed E-state index contributed by atoms with van der Waals surface area (Å²) in [6.45, 7) is 0.851. The predicted octanol–water partition coefficient (Wildman–Crippen LogP) is 2.44. The summed E-state index contributed by atoms with van der Waals surface area (Å²) in [6.07, 6.45) is 1.83. The van der Waals surface area contributed by atoms with Crippen LogP contribution in [0.25, 0.3) is 0 Å². The number of nitrogens with zero attached hydrogens (tertiary/aromatic N) is 1. The molecule has 0 fully saturated rings. The highest BCUT2D eigenvalue weighted by atomic mass is 16.5. The summed E-state index contributed by atoms with van der Waals surface area (Å²) >= 11 is 0. The van der Waals surface area contributed by atoms with Gasteiger partial charge < -0.3 is 10.1 Å². The van der Waals surface area contributed by atoms with Gasteiger partial charge in [-0.3, -0.25) is 4.98 Å². The number of hydrogen-bond donors (Lipinski definition) is 1. The number of ether oxygens (including phenoxy) is 1. The zero-order valence-electron chi connectivity index (χ0n) is 10.8. The Morgan fingerprint density at radius 2 is 2.11 bits per heavy atom. The molecule has 0 aliphatic rings. The summed E-state index contributed by atoms with van der Waals surface area (Å²) < 4.78 is 5.28. The molecule has 0 saturated carbocycles. The zero-order valence-corrected chi connectivity index (χ0v) is 10.8. The van der Waals surface area contributed by atoms with Crippen LogP contribution in [0.15, 0.2) is 48.7 Å². The molecule has 0 spiro atoms. The first-order valence-electron chi connectivity index (χ1n) is 6.04. The minimum atomic E-state index is 0.242. The van der Waals surface area contributed by atoms with Crippen LogP contribution in [-0.2, 0) is 0 Å². The van der Waals surface area contributed by atoms with Crippen molar-refractivity contribution < 1.29 is 4.74 Å². The second-order valence-corrected chi connectivity index (χ2v) is 4.14. The molecule has 0 bridgehead atoms. The smallest absolute Gasteiger partial charge is 0.119 e. The highest BCUT2D eigenvalue weighted by molar-refractivity contribution is 5.35. The number of methoxy groups -OCH3 is 1. The summed E-state index contributed by atoms with van der Waals surface area (Å²) in [4.78, 5) is 4.45. The van der Waals surface area contributed by atoms with Crippen LogP contribution in [-0.4, -0.2) is 25.7 Å². The maximum absolute atomic E-state index is 5.28. The van der Waals surface area contributed by atoms with Crippen molar-refractivity contribution in [2.45, 2.75) is 5.92 Å². The van der Waals surface area contributed by atoms with Crippen LogP contribution in [0.5, 0.6) is 5.75 Å². The summed E-state index contributed by atoms with van der Waals surface area (Å²) in [5.41, 5.74) is 2.28. The van der Waals surface area contributed by atoms with Crippen molar-refractivity contribution in [3.8, 4) is 5.75 Å². The standard InChI is InChI=1S/C15H18N2O/c1-16-11-14(15-8-3-4-9-17-15)12-6-5-7-13(10-12)18-2/h3-10,14,16H,11H2,1-2H3. The van der Waals surface area contributed by atoms with Gasteiger partial charge in [-0.15, -0.1) is 0 Å². The van der Waals surface area contributed by atoms with Crippen LogP contribution in [0.3, 0.4) is 0 Å². The number of rotatable bonds is 5. The first kappa shape index (κ1) is 12.6. The van der Waals surface area contributed by atoms with Crippen molar-refractivity contribution in [2.75, 3.05) is 20.7 Å². The number of likely N-dealkylation sites (N-methyl/N-ethyl adjacent to an activating group) is 1. The Labute approximate surface area is 108 Å². The van der Waals surface area contributed by atoms with Crippen LogP contribution in [0.4, 0.5) is 0 Å². The van der Waals surface area contributed by atoms with E-state index in [9.17, 15) is 0 Å². The minimum Gasteiger partial charge on any atom is -0.497 e. The van der Waals surface area contributed by atoms with E-state index in [0.29, 0.717) is 0 Å². The van der Waals surface area contributed by atoms with E-state index in [0.717, 1.165) is 18.0 Å². The second kappa shape index (κ2) is 6.17. The quantitative estimate of drug-likeness (QED) is 0.874. The summed E-state index contributed by atoms with van der Waals surface area (Å²) in [6, 6.07) is 14.2. The maximum atomic E-state index is 5.28. The van der Waals surface area contributed by atoms with Crippen LogP contribution < -0.4 is 10.1 Å². The fourth-order valence-corrected chi connectivity index (χ4v) is 2.04. The van der Waals surface area contributed by atoms with E-state index in [4.69, 9.17) is 4.74 Å². The van der Waals surface area contributed by atoms with E-state index < -0.39 is 0 Å². The van der Waals surface area contributed by atoms with Gasteiger partial charge >= 0.3 is 0 Å². The molecule has 2 aromatic rings. The molecule has 3 heteroatoms. The Hall–Kier alpha value is -1.87. The molecule has 0 saturated heterocycles. The van der Waals surface area contributed by atoms with Gasteiger partial charge in [0.2, 0.25) is 0 Å². The van der Waals surface area contributed by atoms with Crippen molar-refractivity contribution >= 4 is 0 Å². The van der Waals surface area contributed by atoms with E-state index >= 15 is 0 Å². The monoisotopic (exact) mass is 242 g/mol. The largest absolute Gasteiger partial charge is 0.497 e. The first-order chi connectivity index (χ1) is 8.85. The predicted molar refractivity (Wildman–Crippen MR) is 73.0 cm³/mol. The lowest BCUT2D eigenvalue weighted by Crippen LogP contribution is -2.19. The fraction of sp³-hybridized carbons (Fsp3) is 0.267. The maximum Gasteiger partial charge on any atom is 0.119 e. The van der Waals surface area contributed by atoms with Crippen molar-refractivity contribution in [1.29, 1.82) is 0 Å². The lowest BCUT2D eigenvalue weighted by atomic mass is 9.95. The average Bonchev–Trinajstić information content (AvgIpc) is 2.46. The third-order valence-corrected chi connectivity index (χ3v) is 2.95. The molecule has 3 nitrogen and oxygen atoms in total. The van der Waals surface area contributed by atoms with Gasteiger partial charge in [0, 0.05) is 24.4 Å². The molecule has 1 heterocycles. The van der Waals surface area contributed by atoms with E-state index in [-0.39, 0.29) is 5.92 Å². The van der Waals surface area contributed by atoms with Crippen molar-refractivity contribution in [3.63, 3.8) is 0 Å². The topological polar surface area (TPSA) is 34.1 Å². The normalized spacial score (nSPS) is 12.1. The fourth-order valence-electron chi connectivity index (χ4n) is 2.04. The molecule has 94 valence electrons. The molecule has 1 aromatic heterocycles. The number of benzene rings is 1. The molecule has 18 heavy (non-hydrogen) atoms. The highest BCUT2D eigenvalue weighted by Gasteiger charge is 2.14. The Morgan fingerprint density at radius 1 is 1.22 bits per heavy atom. The van der Waals surface area contributed by atoms with Gasteiger partial charge in [-0.25, -0.2) is 0 Å². The molecular weight excluding hydrogens is 224 g/mol. The first-order valence-corrected chi connectivity index (χ1v) is 6.04. The Morgan fingerprint density at radius 3 is 2.78 bits per heavy atom. The summed E-state index contributed by atoms with van der Waals surface area (Å²) in [5, 5.41) is 3.22. The third kappa shape index (κ3) is 2.87. The molecule has 1 N–H and O–H groups in total. The van der Waals surface area contributed by atoms with Crippen molar-refractivity contribution in [2.24, 2.45) is 0 Å². The molecular formula is C15H18N2O. The van der Waals surface area contributed by atoms with Gasteiger partial charge in [0.25, 0.3) is 0 Å². The van der Waals surface area contributed by atoms with Gasteiger partial charge in [-0.05, 0) is 36.9 Å². The van der Waals surface area contributed by atoms with Crippen molar-refractivity contribution in [3.05, 3.63) is 59.9 Å². The molecule has 2 rings (SSSR count). The molecule has 0 aliphatic carbocycles. The molecule has 1 atom stereocenters. The molecule has 1 unspecified atom stereocenters. The number of pyridine rings is 1. The van der Waals surface area contributed by atoms with Crippen LogP contribution in [0.1, 0.15) is 17.2 Å². The lowest BCUT2D eigenvalue weighted by Gasteiger charge is -2.17.